The summed E-state index contributed by atoms with van der Waals surface area (Å²) in [6.45, 7) is 0. The summed E-state index contributed by atoms with van der Waals surface area (Å²) in [7, 11) is 0. The van der Waals surface area contributed by atoms with Crippen LogP contribution in [0.15, 0.2) is 53.5 Å². The van der Waals surface area contributed by atoms with Crippen LogP contribution >= 0.6 is 35.2 Å². The van der Waals surface area contributed by atoms with E-state index in [1.807, 2.05) is 24.3 Å². The number of carbonyl (C=O) groups is 2. The zero-order valence-corrected chi connectivity index (χ0v) is 18.2. The largest absolute Gasteiger partial charge is 0.493 e. The van der Waals surface area contributed by atoms with Gasteiger partial charge in [0.1, 0.15) is 6.04 Å². The second kappa shape index (κ2) is 7.56. The molecule has 154 valence electrons. The Bertz CT molecular complexity index is 1360. The van der Waals surface area contributed by atoms with E-state index in [-0.39, 0.29) is 18.2 Å². The lowest BCUT2D eigenvalue weighted by Gasteiger charge is -2.16. The lowest BCUT2D eigenvalue weighted by Crippen LogP contribution is -2.31. The minimum absolute atomic E-state index is 0.0830. The molecule has 31 heavy (non-hydrogen) atoms. The van der Waals surface area contributed by atoms with Crippen molar-refractivity contribution in [2.75, 3.05) is 4.90 Å². The first-order valence-electron chi connectivity index (χ1n) is 9.36. The molecule has 0 radical (unpaired) electrons. The Hall–Kier alpha value is -3.07. The molecule has 2 aliphatic heterocycles. The molecule has 2 aromatic carbocycles. The molecule has 9 heteroatoms. The summed E-state index contributed by atoms with van der Waals surface area (Å²) in [6.07, 6.45) is 3.43. The smallest absolute Gasteiger partial charge is 0.257 e. The molecule has 0 bridgehead atoms. The molecule has 1 N–H and O–H groups in total. The molecular weight excluding hydrogens is 454 g/mol. The number of nitrogens with zero attached hydrogens (tertiary/aromatic N) is 3. The number of hydrogen-bond acceptors (Lipinski definition) is 6. The van der Waals surface area contributed by atoms with Gasteiger partial charge in [0.2, 0.25) is 11.8 Å². The number of aromatic hydroxyl groups is 1. The average Bonchev–Trinajstić information content (AvgIpc) is 3.38. The van der Waals surface area contributed by atoms with E-state index in [9.17, 15) is 14.7 Å². The highest BCUT2D eigenvalue weighted by molar-refractivity contribution is 7.73. The minimum atomic E-state index is -0.899. The minimum Gasteiger partial charge on any atom is -0.493 e. The molecule has 6 nitrogen and oxygen atoms in total. The van der Waals surface area contributed by atoms with Crippen molar-refractivity contribution in [2.24, 2.45) is 4.99 Å². The molecule has 2 aliphatic rings. The number of thiazole rings is 1. The third-order valence-electron chi connectivity index (χ3n) is 5.21. The first-order chi connectivity index (χ1) is 14.9. The predicted octanol–water partition coefficient (Wildman–Crippen LogP) is 5.40. The van der Waals surface area contributed by atoms with Gasteiger partial charge in [-0.3, -0.25) is 19.1 Å². The van der Waals surface area contributed by atoms with E-state index < -0.39 is 11.9 Å². The van der Waals surface area contributed by atoms with E-state index in [0.717, 1.165) is 21.7 Å². The molecule has 5 rings (SSSR count). The third kappa shape index (κ3) is 3.33. The van der Waals surface area contributed by atoms with E-state index in [0.29, 0.717) is 19.5 Å². The van der Waals surface area contributed by atoms with Crippen molar-refractivity contribution in [3.8, 4) is 5.88 Å². The lowest BCUT2D eigenvalue weighted by atomic mass is 10.1. The average molecular weight is 468 g/mol. The molecule has 1 aromatic heterocycles. The molecule has 1 fully saturated rings. The fourth-order valence-corrected chi connectivity index (χ4v) is 5.22. The monoisotopic (exact) mass is 467 g/mol. The highest BCUT2D eigenvalue weighted by Crippen LogP contribution is 2.39. The Morgan fingerprint density at radius 1 is 1.16 bits per heavy atom. The number of hydrogen-bond donors (Lipinski definition) is 1. The second-order valence-electron chi connectivity index (χ2n) is 7.06. The number of amides is 2. The molecule has 3 heterocycles. The van der Waals surface area contributed by atoms with E-state index >= 15 is 0 Å². The Morgan fingerprint density at radius 2 is 1.90 bits per heavy atom. The second-order valence-corrected chi connectivity index (χ2v) is 9.18. The number of para-hydroxylation sites is 1. The van der Waals surface area contributed by atoms with Crippen molar-refractivity contribution in [3.05, 3.63) is 67.9 Å². The van der Waals surface area contributed by atoms with Crippen LogP contribution in [0.4, 0.5) is 11.4 Å². The van der Waals surface area contributed by atoms with Crippen LogP contribution in [0.5, 0.6) is 5.88 Å². The Labute approximate surface area is 191 Å². The highest BCUT2D eigenvalue weighted by Gasteiger charge is 2.42. The number of aliphatic imine (C=N–C) groups is 1. The van der Waals surface area contributed by atoms with Crippen LogP contribution in [0.25, 0.3) is 11.6 Å². The van der Waals surface area contributed by atoms with Gasteiger partial charge in [0.25, 0.3) is 5.91 Å². The molecule has 1 saturated heterocycles. The van der Waals surface area contributed by atoms with Gasteiger partial charge >= 0.3 is 0 Å². The molecule has 0 aliphatic carbocycles. The van der Waals surface area contributed by atoms with Crippen molar-refractivity contribution in [2.45, 2.75) is 12.5 Å². The fourth-order valence-electron chi connectivity index (χ4n) is 3.74. The van der Waals surface area contributed by atoms with Gasteiger partial charge in [0, 0.05) is 22.4 Å². The summed E-state index contributed by atoms with van der Waals surface area (Å²) in [4.78, 5) is 31.7. The summed E-state index contributed by atoms with van der Waals surface area (Å²) >= 11 is 12.5. The van der Waals surface area contributed by atoms with E-state index in [1.165, 1.54) is 15.9 Å². The molecule has 2 amide bonds. The predicted molar refractivity (Wildman–Crippen MR) is 125 cm³/mol. The highest BCUT2D eigenvalue weighted by atomic mass is 35.5. The molecule has 1 unspecified atom stereocenters. The van der Waals surface area contributed by atoms with Gasteiger partial charge in [0.05, 0.1) is 22.7 Å². The first kappa shape index (κ1) is 19.9. The number of allylic oxidation sites excluding steroid dienone is 1. The van der Waals surface area contributed by atoms with Crippen molar-refractivity contribution in [1.82, 2.24) is 4.57 Å². The molecule has 3 aromatic rings. The molecule has 0 spiro atoms. The summed E-state index contributed by atoms with van der Waals surface area (Å²) in [5.74, 6) is -0.936. The zero-order chi connectivity index (χ0) is 21.7. The number of carbonyl (C=O) groups excluding carboxylic acids is 2. The number of anilines is 1. The normalized spacial score (nSPS) is 18.9. The van der Waals surface area contributed by atoms with Gasteiger partial charge in [-0.2, -0.15) is 0 Å². The summed E-state index contributed by atoms with van der Waals surface area (Å²) < 4.78 is 1.68. The fraction of sp³-hybridized carbons (Fsp3) is 0.0909. The van der Waals surface area contributed by atoms with E-state index in [2.05, 4.69) is 4.99 Å². The van der Waals surface area contributed by atoms with Gasteiger partial charge in [-0.1, -0.05) is 29.8 Å². The van der Waals surface area contributed by atoms with Crippen LogP contribution in [0.3, 0.4) is 0 Å². The number of benzene rings is 2. The molecule has 0 saturated carbocycles. The molecular formula is C22H14ClN3O3S2. The SMILES string of the molecule is O=C1CC(n2c(O)c(/C=C3\C=Nc4ccccc43)sc2=S)C(=O)N1c1ccc(Cl)cc1. The molecule has 1 atom stereocenters. The zero-order valence-electron chi connectivity index (χ0n) is 15.9. The van der Waals surface area contributed by atoms with Crippen molar-refractivity contribution < 1.29 is 14.7 Å². The topological polar surface area (TPSA) is 74.9 Å². The van der Waals surface area contributed by atoms with Crippen molar-refractivity contribution >= 4 is 76.2 Å². The van der Waals surface area contributed by atoms with Gasteiger partial charge < -0.3 is 5.11 Å². The van der Waals surface area contributed by atoms with Gasteiger partial charge in [-0.15, -0.1) is 11.3 Å². The van der Waals surface area contributed by atoms with Gasteiger partial charge in [-0.05, 0) is 48.6 Å². The summed E-state index contributed by atoms with van der Waals surface area (Å²) in [5.41, 5.74) is 3.08. The summed E-state index contributed by atoms with van der Waals surface area (Å²) in [5, 5.41) is 11.4. The van der Waals surface area contributed by atoms with Crippen LogP contribution in [0, 0.1) is 3.95 Å². The summed E-state index contributed by atoms with van der Waals surface area (Å²) in [6, 6.07) is 13.2. The van der Waals surface area contributed by atoms with Crippen molar-refractivity contribution in [1.29, 1.82) is 0 Å². The van der Waals surface area contributed by atoms with Gasteiger partial charge in [0.15, 0.2) is 3.95 Å². The van der Waals surface area contributed by atoms with Crippen LogP contribution in [-0.2, 0) is 9.59 Å². The third-order valence-corrected chi connectivity index (χ3v) is 6.80. The number of halogens is 1. The van der Waals surface area contributed by atoms with Crippen LogP contribution in [-0.4, -0.2) is 27.7 Å². The van der Waals surface area contributed by atoms with Crippen molar-refractivity contribution in [3.63, 3.8) is 0 Å². The Kier molecular flexibility index (Phi) is 4.85. The van der Waals surface area contributed by atoms with Crippen LogP contribution < -0.4 is 4.90 Å². The number of aromatic nitrogens is 1. The Morgan fingerprint density at radius 3 is 2.68 bits per heavy atom. The standard InChI is InChI=1S/C22H14ClN3O3S2/c23-13-5-7-14(8-6-13)25-19(27)10-17(20(25)28)26-21(29)18(31-22(26)30)9-12-11-24-16-4-2-1-3-15(12)16/h1-9,11,17,29H,10H2/b12-9+. The quantitative estimate of drug-likeness (QED) is 0.413. The van der Waals surface area contributed by atoms with E-state index in [1.54, 1.807) is 36.6 Å². The van der Waals surface area contributed by atoms with Gasteiger partial charge in [-0.25, -0.2) is 4.90 Å². The number of imide groups is 1. The lowest BCUT2D eigenvalue weighted by molar-refractivity contribution is -0.122. The van der Waals surface area contributed by atoms with Crippen LogP contribution in [0.1, 0.15) is 22.9 Å². The van der Waals surface area contributed by atoms with E-state index in [4.69, 9.17) is 23.8 Å². The van der Waals surface area contributed by atoms with Crippen LogP contribution in [0.2, 0.25) is 5.02 Å². The number of fused-ring (bicyclic) bond motifs is 1. The first-order valence-corrected chi connectivity index (χ1v) is 11.0. The Balaban J connectivity index is 1.51. The maximum absolute atomic E-state index is 13.1. The number of rotatable bonds is 3. The maximum atomic E-state index is 13.1. The maximum Gasteiger partial charge on any atom is 0.257 e.